The van der Waals surface area contributed by atoms with Crippen molar-refractivity contribution < 1.29 is 17.7 Å². The molecule has 1 aromatic carbocycles. The standard InChI is InChI=1S/C20H22N4O4S/c1-12-18-15(10-16(13-8-9-13)22-20(18)28-23-12)19(25)21-11-14-6-4-5-7-17(14)29(26,27)24(2)3/h4-7,10,13H,8-9,11H2,1-3H3,(H,21,25). The number of aromatic nitrogens is 2. The maximum Gasteiger partial charge on any atom is 0.259 e. The molecule has 1 amide bonds. The molecule has 1 aliphatic rings. The number of amides is 1. The molecule has 8 nitrogen and oxygen atoms in total. The van der Waals surface area contributed by atoms with Crippen molar-refractivity contribution in [2.75, 3.05) is 14.1 Å². The molecule has 29 heavy (non-hydrogen) atoms. The van der Waals surface area contributed by atoms with Crippen LogP contribution in [0.4, 0.5) is 0 Å². The van der Waals surface area contributed by atoms with Gasteiger partial charge < -0.3 is 9.84 Å². The van der Waals surface area contributed by atoms with Crippen molar-refractivity contribution in [3.05, 3.63) is 52.8 Å². The first-order valence-corrected chi connectivity index (χ1v) is 10.8. The van der Waals surface area contributed by atoms with Gasteiger partial charge in [0.15, 0.2) is 0 Å². The molecule has 1 N–H and O–H groups in total. The SMILES string of the molecule is Cc1noc2nc(C3CC3)cc(C(=O)NCc3ccccc3S(=O)(=O)N(C)C)c12. The van der Waals surface area contributed by atoms with Gasteiger partial charge >= 0.3 is 0 Å². The number of aryl methyl sites for hydroxylation is 1. The third kappa shape index (κ3) is 3.63. The molecule has 0 unspecified atom stereocenters. The number of carbonyl (C=O) groups excluding carboxylic acids is 1. The lowest BCUT2D eigenvalue weighted by molar-refractivity contribution is 0.0952. The summed E-state index contributed by atoms with van der Waals surface area (Å²) in [7, 11) is -0.658. The smallest absolute Gasteiger partial charge is 0.259 e. The predicted octanol–water partition coefficient (Wildman–Crippen LogP) is 2.59. The molecule has 1 aliphatic carbocycles. The molecule has 152 valence electrons. The Labute approximate surface area is 169 Å². The summed E-state index contributed by atoms with van der Waals surface area (Å²) in [6.07, 6.45) is 2.09. The van der Waals surface area contributed by atoms with Crippen molar-refractivity contribution >= 4 is 27.0 Å². The molecule has 0 aliphatic heterocycles. The van der Waals surface area contributed by atoms with Crippen LogP contribution in [0.2, 0.25) is 0 Å². The van der Waals surface area contributed by atoms with Gasteiger partial charge in [-0.25, -0.2) is 17.7 Å². The summed E-state index contributed by atoms with van der Waals surface area (Å²) < 4.78 is 31.6. The quantitative estimate of drug-likeness (QED) is 0.665. The molecule has 4 rings (SSSR count). The first-order valence-electron chi connectivity index (χ1n) is 9.34. The van der Waals surface area contributed by atoms with Gasteiger partial charge in [0.25, 0.3) is 11.6 Å². The van der Waals surface area contributed by atoms with E-state index in [0.29, 0.717) is 33.8 Å². The molecular weight excluding hydrogens is 392 g/mol. The lowest BCUT2D eigenvalue weighted by atomic mass is 10.1. The molecule has 2 aromatic heterocycles. The summed E-state index contributed by atoms with van der Waals surface area (Å²) in [6, 6.07) is 8.44. The minimum absolute atomic E-state index is 0.0784. The summed E-state index contributed by atoms with van der Waals surface area (Å²) >= 11 is 0. The highest BCUT2D eigenvalue weighted by Crippen LogP contribution is 2.40. The van der Waals surface area contributed by atoms with Crippen LogP contribution in [-0.2, 0) is 16.6 Å². The van der Waals surface area contributed by atoms with Crippen LogP contribution < -0.4 is 5.32 Å². The summed E-state index contributed by atoms with van der Waals surface area (Å²) in [4.78, 5) is 17.7. The molecule has 0 atom stereocenters. The van der Waals surface area contributed by atoms with Gasteiger partial charge in [-0.05, 0) is 37.5 Å². The second-order valence-electron chi connectivity index (χ2n) is 7.39. The number of nitrogens with one attached hydrogen (secondary N) is 1. The maximum atomic E-state index is 13.0. The minimum atomic E-state index is -3.62. The summed E-state index contributed by atoms with van der Waals surface area (Å²) in [6.45, 7) is 1.84. The van der Waals surface area contributed by atoms with E-state index in [1.54, 1.807) is 31.2 Å². The van der Waals surface area contributed by atoms with Gasteiger partial charge in [0.05, 0.1) is 21.5 Å². The Hall–Kier alpha value is -2.78. The number of hydrogen-bond donors (Lipinski definition) is 1. The lowest BCUT2D eigenvalue weighted by Gasteiger charge is -2.15. The van der Waals surface area contributed by atoms with E-state index in [0.717, 1.165) is 22.8 Å². The van der Waals surface area contributed by atoms with Gasteiger partial charge in [-0.2, -0.15) is 0 Å². The Kier molecular flexibility index (Phi) is 4.87. The number of fused-ring (bicyclic) bond motifs is 1. The van der Waals surface area contributed by atoms with E-state index in [1.165, 1.54) is 20.2 Å². The summed E-state index contributed by atoms with van der Waals surface area (Å²) in [5, 5.41) is 7.37. The number of hydrogen-bond acceptors (Lipinski definition) is 6. The summed E-state index contributed by atoms with van der Waals surface area (Å²) in [5.41, 5.74) is 2.74. The van der Waals surface area contributed by atoms with Crippen LogP contribution in [0.5, 0.6) is 0 Å². The molecule has 0 spiro atoms. The molecule has 9 heteroatoms. The van der Waals surface area contributed by atoms with E-state index in [1.807, 2.05) is 0 Å². The zero-order valence-corrected chi connectivity index (χ0v) is 17.3. The van der Waals surface area contributed by atoms with Crippen LogP contribution in [0.25, 0.3) is 11.1 Å². The maximum absolute atomic E-state index is 13.0. The molecule has 2 heterocycles. The first kappa shape index (κ1) is 19.5. The number of pyridine rings is 1. The first-order chi connectivity index (χ1) is 13.8. The van der Waals surface area contributed by atoms with Crippen molar-refractivity contribution in [3.63, 3.8) is 0 Å². The van der Waals surface area contributed by atoms with E-state index in [9.17, 15) is 13.2 Å². The third-order valence-electron chi connectivity index (χ3n) is 5.05. The topological polar surface area (TPSA) is 105 Å². The Bertz CT molecular complexity index is 1200. The number of benzene rings is 1. The average molecular weight is 414 g/mol. The van der Waals surface area contributed by atoms with E-state index in [4.69, 9.17) is 4.52 Å². The van der Waals surface area contributed by atoms with E-state index in [2.05, 4.69) is 15.5 Å². The highest BCUT2D eigenvalue weighted by Gasteiger charge is 2.29. The van der Waals surface area contributed by atoms with Crippen LogP contribution in [0.15, 0.2) is 39.8 Å². The molecule has 0 saturated heterocycles. The number of carbonyl (C=O) groups is 1. The highest BCUT2D eigenvalue weighted by molar-refractivity contribution is 7.89. The van der Waals surface area contributed by atoms with Crippen LogP contribution in [-0.4, -0.2) is 42.9 Å². The fourth-order valence-corrected chi connectivity index (χ4v) is 4.37. The number of rotatable bonds is 6. The monoisotopic (exact) mass is 414 g/mol. The third-order valence-corrected chi connectivity index (χ3v) is 6.96. The highest BCUT2D eigenvalue weighted by atomic mass is 32.2. The summed E-state index contributed by atoms with van der Waals surface area (Å²) in [5.74, 6) is 0.0324. The Morgan fingerprint density at radius 2 is 2.00 bits per heavy atom. The van der Waals surface area contributed by atoms with Gasteiger partial charge in [-0.1, -0.05) is 23.4 Å². The van der Waals surface area contributed by atoms with Crippen molar-refractivity contribution in [1.29, 1.82) is 0 Å². The fourth-order valence-electron chi connectivity index (χ4n) is 3.25. The Balaban J connectivity index is 1.65. The van der Waals surface area contributed by atoms with Gasteiger partial charge in [0.1, 0.15) is 0 Å². The second-order valence-corrected chi connectivity index (χ2v) is 9.52. The van der Waals surface area contributed by atoms with Crippen molar-refractivity contribution in [2.45, 2.75) is 37.1 Å². The van der Waals surface area contributed by atoms with Crippen LogP contribution in [0.1, 0.15) is 46.1 Å². The minimum Gasteiger partial charge on any atom is -0.348 e. The van der Waals surface area contributed by atoms with Crippen LogP contribution in [0.3, 0.4) is 0 Å². The zero-order valence-electron chi connectivity index (χ0n) is 16.5. The van der Waals surface area contributed by atoms with E-state index in [-0.39, 0.29) is 17.3 Å². The Morgan fingerprint density at radius 1 is 1.28 bits per heavy atom. The molecular formula is C20H22N4O4S. The van der Waals surface area contributed by atoms with Gasteiger partial charge in [0.2, 0.25) is 10.0 Å². The van der Waals surface area contributed by atoms with Gasteiger partial charge in [-0.3, -0.25) is 4.79 Å². The van der Waals surface area contributed by atoms with Gasteiger partial charge in [-0.15, -0.1) is 0 Å². The normalized spacial score (nSPS) is 14.5. The zero-order chi connectivity index (χ0) is 20.8. The second kappa shape index (κ2) is 7.23. The molecule has 0 bridgehead atoms. The largest absolute Gasteiger partial charge is 0.348 e. The van der Waals surface area contributed by atoms with Crippen molar-refractivity contribution in [1.82, 2.24) is 19.8 Å². The fraction of sp³-hybridized carbons (Fsp3) is 0.350. The molecule has 0 radical (unpaired) electrons. The molecule has 3 aromatic rings. The molecule has 1 saturated carbocycles. The van der Waals surface area contributed by atoms with E-state index >= 15 is 0 Å². The molecule has 1 fully saturated rings. The Morgan fingerprint density at radius 3 is 2.69 bits per heavy atom. The number of sulfonamides is 1. The van der Waals surface area contributed by atoms with Gasteiger partial charge in [0, 0.05) is 32.3 Å². The van der Waals surface area contributed by atoms with Crippen molar-refractivity contribution in [3.8, 4) is 0 Å². The lowest BCUT2D eigenvalue weighted by Crippen LogP contribution is -2.27. The predicted molar refractivity (Wildman–Crippen MR) is 107 cm³/mol. The van der Waals surface area contributed by atoms with Crippen LogP contribution in [0, 0.1) is 6.92 Å². The number of nitrogens with zero attached hydrogens (tertiary/aromatic N) is 3. The average Bonchev–Trinajstić information content (AvgIpc) is 3.49. The van der Waals surface area contributed by atoms with E-state index < -0.39 is 10.0 Å². The van der Waals surface area contributed by atoms with Crippen molar-refractivity contribution in [2.24, 2.45) is 0 Å². The van der Waals surface area contributed by atoms with Crippen LogP contribution >= 0.6 is 0 Å².